The van der Waals surface area contributed by atoms with Gasteiger partial charge in [0.15, 0.2) is 5.75 Å². The number of carbonyl (C=O) groups excluding carboxylic acids is 1. The second kappa shape index (κ2) is 6.18. The lowest BCUT2D eigenvalue weighted by Gasteiger charge is -2.03. The second-order valence-electron chi connectivity index (χ2n) is 4.49. The Hall–Kier alpha value is -2.10. The molecular formula is C15H18N2O2. The first-order valence-electron chi connectivity index (χ1n) is 6.44. The number of carbonyl (C=O) groups is 1. The second-order valence-corrected chi connectivity index (χ2v) is 4.49. The van der Waals surface area contributed by atoms with E-state index < -0.39 is 0 Å². The molecule has 4 nitrogen and oxygen atoms in total. The molecule has 0 N–H and O–H groups in total. The van der Waals surface area contributed by atoms with Gasteiger partial charge in [-0.2, -0.15) is 5.10 Å². The zero-order valence-electron chi connectivity index (χ0n) is 11.3. The number of ether oxygens (including phenoxy) is 1. The van der Waals surface area contributed by atoms with Crippen molar-refractivity contribution in [3.05, 3.63) is 47.8 Å². The summed E-state index contributed by atoms with van der Waals surface area (Å²) in [6.07, 6.45) is 5.31. The molecule has 0 aliphatic heterocycles. The molecule has 1 aromatic carbocycles. The molecule has 0 spiro atoms. The largest absolute Gasteiger partial charge is 0.423 e. The van der Waals surface area contributed by atoms with E-state index in [2.05, 4.69) is 36.3 Å². The molecule has 1 heterocycles. The monoisotopic (exact) mass is 258 g/mol. The quantitative estimate of drug-likeness (QED) is 0.774. The van der Waals surface area contributed by atoms with Crippen LogP contribution in [0.2, 0.25) is 0 Å². The summed E-state index contributed by atoms with van der Waals surface area (Å²) in [7, 11) is 1.78. The van der Waals surface area contributed by atoms with Crippen LogP contribution < -0.4 is 4.74 Å². The van der Waals surface area contributed by atoms with Crippen LogP contribution in [0.5, 0.6) is 5.75 Å². The molecular weight excluding hydrogens is 240 g/mol. The third-order valence-corrected chi connectivity index (χ3v) is 2.96. The third-order valence-electron chi connectivity index (χ3n) is 2.96. The van der Waals surface area contributed by atoms with E-state index in [4.69, 9.17) is 4.74 Å². The summed E-state index contributed by atoms with van der Waals surface area (Å²) in [6, 6.07) is 8.33. The summed E-state index contributed by atoms with van der Waals surface area (Å²) >= 11 is 0. The van der Waals surface area contributed by atoms with Gasteiger partial charge in [0.1, 0.15) is 0 Å². The lowest BCUT2D eigenvalue weighted by Crippen LogP contribution is -2.08. The predicted molar refractivity (Wildman–Crippen MR) is 73.0 cm³/mol. The first-order chi connectivity index (χ1) is 9.17. The van der Waals surface area contributed by atoms with E-state index in [0.717, 1.165) is 12.0 Å². The number of benzene rings is 1. The van der Waals surface area contributed by atoms with Crippen molar-refractivity contribution in [2.75, 3.05) is 0 Å². The summed E-state index contributed by atoms with van der Waals surface area (Å²) in [4.78, 5) is 11.7. The lowest BCUT2D eigenvalue weighted by atomic mass is 10.1. The normalized spacial score (nSPS) is 10.4. The zero-order valence-corrected chi connectivity index (χ0v) is 11.3. The van der Waals surface area contributed by atoms with Gasteiger partial charge < -0.3 is 4.74 Å². The van der Waals surface area contributed by atoms with E-state index in [1.807, 2.05) is 0 Å². The van der Waals surface area contributed by atoms with Gasteiger partial charge in [-0.1, -0.05) is 31.2 Å². The molecule has 0 fully saturated rings. The number of rotatable bonds is 5. The van der Waals surface area contributed by atoms with Gasteiger partial charge in [-0.3, -0.25) is 9.48 Å². The van der Waals surface area contributed by atoms with E-state index in [-0.39, 0.29) is 5.97 Å². The Kier molecular flexibility index (Phi) is 4.34. The minimum absolute atomic E-state index is 0.229. The molecule has 0 saturated carbocycles. The van der Waals surface area contributed by atoms with Crippen molar-refractivity contribution in [3.8, 4) is 5.75 Å². The molecule has 0 aliphatic carbocycles. The van der Waals surface area contributed by atoms with E-state index >= 15 is 0 Å². The molecule has 1 aromatic heterocycles. The first kappa shape index (κ1) is 13.3. The Labute approximate surface area is 113 Å². The molecule has 4 heteroatoms. The number of aromatic nitrogens is 2. The highest BCUT2D eigenvalue weighted by Gasteiger charge is 2.06. The number of nitrogens with zero attached hydrogens (tertiary/aromatic N) is 2. The van der Waals surface area contributed by atoms with Gasteiger partial charge >= 0.3 is 5.97 Å². The SMILES string of the molecule is CCc1ccc(CCC(=O)Oc2cnn(C)c2)cc1. The van der Waals surface area contributed by atoms with Crippen molar-refractivity contribution in [3.63, 3.8) is 0 Å². The number of hydrogen-bond acceptors (Lipinski definition) is 3. The van der Waals surface area contributed by atoms with Crippen LogP contribution in [-0.4, -0.2) is 15.7 Å². The Bertz CT molecular complexity index is 544. The maximum absolute atomic E-state index is 11.7. The van der Waals surface area contributed by atoms with Crippen LogP contribution >= 0.6 is 0 Å². The number of esters is 1. The highest BCUT2D eigenvalue weighted by molar-refractivity contribution is 5.72. The molecule has 19 heavy (non-hydrogen) atoms. The van der Waals surface area contributed by atoms with Crippen molar-refractivity contribution >= 4 is 5.97 Å². The van der Waals surface area contributed by atoms with Crippen LogP contribution in [-0.2, 0) is 24.7 Å². The standard InChI is InChI=1S/C15H18N2O2/c1-3-12-4-6-13(7-5-12)8-9-15(18)19-14-10-16-17(2)11-14/h4-7,10-11H,3,8-9H2,1-2H3. The van der Waals surface area contributed by atoms with E-state index in [1.165, 1.54) is 11.8 Å². The molecule has 0 aliphatic rings. The summed E-state index contributed by atoms with van der Waals surface area (Å²) < 4.78 is 6.78. The number of aryl methyl sites for hydroxylation is 3. The van der Waals surface area contributed by atoms with Crippen molar-refractivity contribution in [2.24, 2.45) is 7.05 Å². The van der Waals surface area contributed by atoms with Crippen molar-refractivity contribution in [1.82, 2.24) is 9.78 Å². The van der Waals surface area contributed by atoms with Gasteiger partial charge in [-0.05, 0) is 24.0 Å². The van der Waals surface area contributed by atoms with Gasteiger partial charge in [-0.25, -0.2) is 0 Å². The lowest BCUT2D eigenvalue weighted by molar-refractivity contribution is -0.134. The fourth-order valence-electron chi connectivity index (χ4n) is 1.82. The predicted octanol–water partition coefficient (Wildman–Crippen LogP) is 2.52. The summed E-state index contributed by atoms with van der Waals surface area (Å²) in [5.74, 6) is 0.265. The minimum Gasteiger partial charge on any atom is -0.423 e. The topological polar surface area (TPSA) is 44.1 Å². The average Bonchev–Trinajstić information content (AvgIpc) is 2.82. The van der Waals surface area contributed by atoms with Gasteiger partial charge in [0.2, 0.25) is 0 Å². The molecule has 0 bridgehead atoms. The Balaban J connectivity index is 1.82. The maximum Gasteiger partial charge on any atom is 0.311 e. The van der Waals surface area contributed by atoms with Crippen LogP contribution in [0.25, 0.3) is 0 Å². The summed E-state index contributed by atoms with van der Waals surface area (Å²) in [6.45, 7) is 2.13. The molecule has 0 atom stereocenters. The Morgan fingerprint density at radius 3 is 2.53 bits per heavy atom. The molecule has 0 amide bonds. The molecule has 0 radical (unpaired) electrons. The van der Waals surface area contributed by atoms with Gasteiger partial charge in [0, 0.05) is 13.5 Å². The maximum atomic E-state index is 11.7. The number of hydrogen-bond donors (Lipinski definition) is 0. The smallest absolute Gasteiger partial charge is 0.311 e. The van der Waals surface area contributed by atoms with Crippen molar-refractivity contribution < 1.29 is 9.53 Å². The van der Waals surface area contributed by atoms with Crippen LogP contribution in [0.15, 0.2) is 36.7 Å². The summed E-state index contributed by atoms with van der Waals surface area (Å²) in [5.41, 5.74) is 2.46. The Morgan fingerprint density at radius 2 is 1.95 bits per heavy atom. The van der Waals surface area contributed by atoms with Crippen molar-refractivity contribution in [1.29, 1.82) is 0 Å². The highest BCUT2D eigenvalue weighted by atomic mass is 16.5. The van der Waals surface area contributed by atoms with E-state index in [9.17, 15) is 4.79 Å². The molecule has 0 unspecified atom stereocenters. The fourth-order valence-corrected chi connectivity index (χ4v) is 1.82. The molecule has 0 saturated heterocycles. The zero-order chi connectivity index (χ0) is 13.7. The van der Waals surface area contributed by atoms with Gasteiger partial charge in [0.05, 0.1) is 12.4 Å². The van der Waals surface area contributed by atoms with Gasteiger partial charge in [0.25, 0.3) is 0 Å². The molecule has 2 aromatic rings. The average molecular weight is 258 g/mol. The minimum atomic E-state index is -0.229. The fraction of sp³-hybridized carbons (Fsp3) is 0.333. The van der Waals surface area contributed by atoms with Gasteiger partial charge in [-0.15, -0.1) is 0 Å². The summed E-state index contributed by atoms with van der Waals surface area (Å²) in [5, 5.41) is 3.95. The molecule has 2 rings (SSSR count). The Morgan fingerprint density at radius 1 is 1.26 bits per heavy atom. The van der Waals surface area contributed by atoms with E-state index in [0.29, 0.717) is 18.6 Å². The van der Waals surface area contributed by atoms with Crippen LogP contribution in [0.4, 0.5) is 0 Å². The highest BCUT2D eigenvalue weighted by Crippen LogP contribution is 2.11. The molecule has 100 valence electrons. The third kappa shape index (κ3) is 3.95. The van der Waals surface area contributed by atoms with Crippen LogP contribution in [0, 0.1) is 0 Å². The first-order valence-corrected chi connectivity index (χ1v) is 6.44. The van der Waals surface area contributed by atoms with E-state index in [1.54, 1.807) is 17.9 Å². The van der Waals surface area contributed by atoms with Crippen molar-refractivity contribution in [2.45, 2.75) is 26.2 Å². The van der Waals surface area contributed by atoms with Crippen LogP contribution in [0.1, 0.15) is 24.5 Å². The van der Waals surface area contributed by atoms with Crippen LogP contribution in [0.3, 0.4) is 0 Å².